The summed E-state index contributed by atoms with van der Waals surface area (Å²) in [6, 6.07) is 7.46. The van der Waals surface area contributed by atoms with Gasteiger partial charge in [0.2, 0.25) is 0 Å². The number of ketones is 1. The predicted octanol–water partition coefficient (Wildman–Crippen LogP) is 4.01. The highest BCUT2D eigenvalue weighted by Crippen LogP contribution is 2.19. The third-order valence-corrected chi connectivity index (χ3v) is 3.62. The molecule has 2 rings (SSSR count). The Hall–Kier alpha value is -1.35. The first-order valence-electron chi connectivity index (χ1n) is 7.67. The Labute approximate surface area is 121 Å². The van der Waals surface area contributed by atoms with Gasteiger partial charge >= 0.3 is 0 Å². The van der Waals surface area contributed by atoms with Crippen molar-refractivity contribution in [3.8, 4) is 5.75 Å². The Kier molecular flexibility index (Phi) is 6.06. The lowest BCUT2D eigenvalue weighted by Gasteiger charge is -2.22. The first-order chi connectivity index (χ1) is 9.79. The highest BCUT2D eigenvalue weighted by Gasteiger charge is 2.16. The molecule has 0 amide bonds. The van der Waals surface area contributed by atoms with Gasteiger partial charge in [0.15, 0.2) is 5.78 Å². The predicted molar refractivity (Wildman–Crippen MR) is 79.4 cm³/mol. The smallest absolute Gasteiger partial charge is 0.162 e. The Morgan fingerprint density at radius 2 is 2.10 bits per heavy atom. The van der Waals surface area contributed by atoms with Crippen LogP contribution in [0.25, 0.3) is 0 Å². The van der Waals surface area contributed by atoms with Gasteiger partial charge in [0.25, 0.3) is 0 Å². The maximum atomic E-state index is 12.1. The minimum Gasteiger partial charge on any atom is -0.494 e. The van der Waals surface area contributed by atoms with Crippen molar-refractivity contribution in [3.63, 3.8) is 0 Å². The summed E-state index contributed by atoms with van der Waals surface area (Å²) in [5.41, 5.74) is 0.768. The van der Waals surface area contributed by atoms with Gasteiger partial charge in [-0.1, -0.05) is 6.92 Å². The van der Waals surface area contributed by atoms with Gasteiger partial charge in [0.05, 0.1) is 12.7 Å². The van der Waals surface area contributed by atoms with E-state index in [0.29, 0.717) is 13.0 Å². The van der Waals surface area contributed by atoms with E-state index in [1.807, 2.05) is 24.3 Å². The number of carbonyl (C=O) groups is 1. The van der Waals surface area contributed by atoms with Crippen LogP contribution in [-0.4, -0.2) is 25.1 Å². The zero-order valence-electron chi connectivity index (χ0n) is 12.3. The number of hydrogen-bond donors (Lipinski definition) is 0. The van der Waals surface area contributed by atoms with E-state index in [1.54, 1.807) is 0 Å². The number of carbonyl (C=O) groups excluding carboxylic acids is 1. The molecule has 1 unspecified atom stereocenters. The number of rotatable bonds is 7. The van der Waals surface area contributed by atoms with Gasteiger partial charge in [0, 0.05) is 18.6 Å². The molecule has 1 fully saturated rings. The molecule has 1 aliphatic heterocycles. The molecular weight excluding hydrogens is 252 g/mol. The minimum atomic E-state index is 0.196. The second-order valence-electron chi connectivity index (χ2n) is 5.32. The van der Waals surface area contributed by atoms with Crippen LogP contribution in [0.15, 0.2) is 24.3 Å². The normalized spacial score (nSPS) is 18.8. The van der Waals surface area contributed by atoms with Gasteiger partial charge in [-0.05, 0) is 56.4 Å². The lowest BCUT2D eigenvalue weighted by molar-refractivity contribution is 0.0104. The largest absolute Gasteiger partial charge is 0.494 e. The Morgan fingerprint density at radius 1 is 1.30 bits per heavy atom. The first kappa shape index (κ1) is 15.0. The number of Topliss-reactive ketones (excluding diaryl/α,β-unsaturated/α-hetero) is 1. The van der Waals surface area contributed by atoms with E-state index in [2.05, 4.69) is 6.92 Å². The fraction of sp³-hybridized carbons (Fsp3) is 0.588. The molecule has 0 aromatic heterocycles. The molecule has 1 heterocycles. The van der Waals surface area contributed by atoms with Gasteiger partial charge in [-0.3, -0.25) is 4.79 Å². The van der Waals surface area contributed by atoms with Crippen LogP contribution in [0.5, 0.6) is 5.75 Å². The average molecular weight is 276 g/mol. The maximum Gasteiger partial charge on any atom is 0.162 e. The van der Waals surface area contributed by atoms with Gasteiger partial charge in [0.1, 0.15) is 5.75 Å². The molecule has 0 spiro atoms. The van der Waals surface area contributed by atoms with Gasteiger partial charge in [-0.15, -0.1) is 0 Å². The lowest BCUT2D eigenvalue weighted by Crippen LogP contribution is -2.20. The third kappa shape index (κ3) is 4.64. The van der Waals surface area contributed by atoms with Crippen molar-refractivity contribution in [1.29, 1.82) is 0 Å². The summed E-state index contributed by atoms with van der Waals surface area (Å²) < 4.78 is 11.2. The number of benzene rings is 1. The topological polar surface area (TPSA) is 35.5 Å². The highest BCUT2D eigenvalue weighted by molar-refractivity contribution is 5.96. The van der Waals surface area contributed by atoms with Gasteiger partial charge in [-0.2, -0.15) is 0 Å². The van der Waals surface area contributed by atoms with Crippen molar-refractivity contribution < 1.29 is 14.3 Å². The van der Waals surface area contributed by atoms with Gasteiger partial charge < -0.3 is 9.47 Å². The maximum absolute atomic E-state index is 12.1. The molecule has 3 heteroatoms. The van der Waals surface area contributed by atoms with Crippen molar-refractivity contribution in [2.75, 3.05) is 13.2 Å². The fourth-order valence-electron chi connectivity index (χ4n) is 2.43. The molecule has 1 aliphatic rings. The monoisotopic (exact) mass is 276 g/mol. The van der Waals surface area contributed by atoms with E-state index in [1.165, 1.54) is 6.42 Å². The second-order valence-corrected chi connectivity index (χ2v) is 5.32. The lowest BCUT2D eigenvalue weighted by atomic mass is 10.0. The quantitative estimate of drug-likeness (QED) is 0.706. The molecule has 1 aromatic carbocycles. The average Bonchev–Trinajstić information content (AvgIpc) is 2.52. The zero-order chi connectivity index (χ0) is 14.2. The highest BCUT2D eigenvalue weighted by atomic mass is 16.5. The molecule has 0 N–H and O–H groups in total. The number of hydrogen-bond acceptors (Lipinski definition) is 3. The van der Waals surface area contributed by atoms with Crippen LogP contribution in [0, 0.1) is 0 Å². The summed E-state index contributed by atoms with van der Waals surface area (Å²) >= 11 is 0. The van der Waals surface area contributed by atoms with Crippen LogP contribution < -0.4 is 4.74 Å². The molecule has 1 atom stereocenters. The van der Waals surface area contributed by atoms with Crippen LogP contribution >= 0.6 is 0 Å². The molecule has 0 radical (unpaired) electrons. The summed E-state index contributed by atoms with van der Waals surface area (Å²) in [5.74, 6) is 1.03. The summed E-state index contributed by atoms with van der Waals surface area (Å²) in [4.78, 5) is 12.1. The van der Waals surface area contributed by atoms with Crippen molar-refractivity contribution in [2.45, 2.75) is 51.6 Å². The molecule has 0 bridgehead atoms. The summed E-state index contributed by atoms with van der Waals surface area (Å²) in [6.07, 6.45) is 6.15. The molecule has 20 heavy (non-hydrogen) atoms. The Bertz CT molecular complexity index is 405. The summed E-state index contributed by atoms with van der Waals surface area (Å²) in [6.45, 7) is 3.64. The van der Waals surface area contributed by atoms with E-state index < -0.39 is 0 Å². The molecule has 1 saturated heterocycles. The Morgan fingerprint density at radius 3 is 2.75 bits per heavy atom. The van der Waals surface area contributed by atoms with E-state index in [-0.39, 0.29) is 11.9 Å². The molecule has 1 aromatic rings. The molecule has 0 saturated carbocycles. The zero-order valence-corrected chi connectivity index (χ0v) is 12.3. The summed E-state index contributed by atoms with van der Waals surface area (Å²) in [5, 5.41) is 0. The SMILES string of the molecule is CCCOc1ccc(C(=O)CCC2CCCCO2)cc1. The van der Waals surface area contributed by atoms with E-state index in [9.17, 15) is 4.79 Å². The van der Waals surface area contributed by atoms with Crippen molar-refractivity contribution in [2.24, 2.45) is 0 Å². The fourth-order valence-corrected chi connectivity index (χ4v) is 2.43. The molecule has 110 valence electrons. The standard InChI is InChI=1S/C17H24O3/c1-2-12-19-16-8-6-14(7-9-16)17(18)11-10-15-5-3-4-13-20-15/h6-9,15H,2-5,10-13H2,1H3. The first-order valence-corrected chi connectivity index (χ1v) is 7.67. The van der Waals surface area contributed by atoms with E-state index in [4.69, 9.17) is 9.47 Å². The van der Waals surface area contributed by atoms with Gasteiger partial charge in [-0.25, -0.2) is 0 Å². The molecule has 3 nitrogen and oxygen atoms in total. The third-order valence-electron chi connectivity index (χ3n) is 3.62. The molecule has 0 aliphatic carbocycles. The summed E-state index contributed by atoms with van der Waals surface area (Å²) in [7, 11) is 0. The molecular formula is C17H24O3. The van der Waals surface area contributed by atoms with Crippen LogP contribution in [0.2, 0.25) is 0 Å². The van der Waals surface area contributed by atoms with Crippen molar-refractivity contribution in [1.82, 2.24) is 0 Å². The van der Waals surface area contributed by atoms with E-state index >= 15 is 0 Å². The van der Waals surface area contributed by atoms with Crippen LogP contribution in [0.1, 0.15) is 55.8 Å². The Balaban J connectivity index is 1.79. The number of ether oxygens (including phenoxy) is 2. The second kappa shape index (κ2) is 8.05. The van der Waals surface area contributed by atoms with Crippen LogP contribution in [-0.2, 0) is 4.74 Å². The van der Waals surface area contributed by atoms with Crippen LogP contribution in [0.4, 0.5) is 0 Å². The minimum absolute atomic E-state index is 0.196. The van der Waals surface area contributed by atoms with Crippen molar-refractivity contribution >= 4 is 5.78 Å². The van der Waals surface area contributed by atoms with Crippen molar-refractivity contribution in [3.05, 3.63) is 29.8 Å². The van der Waals surface area contributed by atoms with Crippen LogP contribution in [0.3, 0.4) is 0 Å². The van der Waals surface area contributed by atoms with E-state index in [0.717, 1.165) is 43.6 Å².